The fraction of sp³-hybridized carbons (Fsp3) is 1.00. The second-order valence-corrected chi connectivity index (χ2v) is 2.81. The van der Waals surface area contributed by atoms with Crippen LogP contribution in [0, 0.1) is 0 Å². The Kier molecular flexibility index (Phi) is 3.12. The number of nitrogens with one attached hydrogen (secondary N) is 1. The van der Waals surface area contributed by atoms with Crippen molar-refractivity contribution in [1.29, 1.82) is 0 Å². The van der Waals surface area contributed by atoms with E-state index in [0.29, 0.717) is 12.6 Å². The molecule has 1 fully saturated rings. The van der Waals surface area contributed by atoms with E-state index in [4.69, 9.17) is 10.5 Å². The van der Waals surface area contributed by atoms with Gasteiger partial charge in [-0.3, -0.25) is 5.32 Å². The van der Waals surface area contributed by atoms with Crippen LogP contribution in [0.15, 0.2) is 0 Å². The Morgan fingerprint density at radius 3 is 3.10 bits per heavy atom. The Morgan fingerprint density at radius 2 is 2.60 bits per heavy atom. The minimum Gasteiger partial charge on any atom is -0.363 e. The summed E-state index contributed by atoms with van der Waals surface area (Å²) in [7, 11) is 0. The molecule has 1 heterocycles. The predicted octanol–water partition coefficient (Wildman–Crippen LogP) is 0.0597. The van der Waals surface area contributed by atoms with Crippen molar-refractivity contribution in [3.8, 4) is 0 Å². The van der Waals surface area contributed by atoms with E-state index in [-0.39, 0.29) is 6.23 Å². The number of hydrogen-bond acceptors (Lipinski definition) is 3. The number of nitrogens with two attached hydrogens (primary N) is 1. The summed E-state index contributed by atoms with van der Waals surface area (Å²) in [6.45, 7) is 3.65. The van der Waals surface area contributed by atoms with Gasteiger partial charge in [0.25, 0.3) is 0 Å². The molecule has 10 heavy (non-hydrogen) atoms. The third-order valence-corrected chi connectivity index (χ3v) is 1.75. The van der Waals surface area contributed by atoms with Gasteiger partial charge in [0.15, 0.2) is 0 Å². The summed E-state index contributed by atoms with van der Waals surface area (Å²) in [5.74, 6) is 0. The van der Waals surface area contributed by atoms with E-state index in [1.807, 2.05) is 0 Å². The van der Waals surface area contributed by atoms with Crippen molar-refractivity contribution in [2.24, 2.45) is 5.73 Å². The van der Waals surface area contributed by atoms with E-state index < -0.39 is 0 Å². The molecule has 3 heteroatoms. The standard InChI is InChI=1S/C7H16N2O/c1-6(5-8)9-7-3-2-4-10-7/h6-7,9H,2-5,8H2,1H3. The summed E-state index contributed by atoms with van der Waals surface area (Å²) in [6.07, 6.45) is 2.57. The lowest BCUT2D eigenvalue weighted by atomic mass is 10.3. The van der Waals surface area contributed by atoms with E-state index in [2.05, 4.69) is 12.2 Å². The van der Waals surface area contributed by atoms with Gasteiger partial charge in [0.05, 0.1) is 0 Å². The molecule has 3 nitrogen and oxygen atoms in total. The van der Waals surface area contributed by atoms with Crippen molar-refractivity contribution >= 4 is 0 Å². The SMILES string of the molecule is CC(CN)NC1CCCO1. The second kappa shape index (κ2) is 3.91. The molecule has 0 radical (unpaired) electrons. The lowest BCUT2D eigenvalue weighted by Crippen LogP contribution is -2.40. The van der Waals surface area contributed by atoms with E-state index >= 15 is 0 Å². The normalized spacial score (nSPS) is 28.8. The van der Waals surface area contributed by atoms with Crippen molar-refractivity contribution in [3.05, 3.63) is 0 Å². The number of ether oxygens (including phenoxy) is 1. The van der Waals surface area contributed by atoms with Crippen LogP contribution in [0.5, 0.6) is 0 Å². The molecule has 1 aliphatic rings. The molecule has 0 aromatic heterocycles. The summed E-state index contributed by atoms with van der Waals surface area (Å²) in [4.78, 5) is 0. The van der Waals surface area contributed by atoms with Gasteiger partial charge in [-0.1, -0.05) is 0 Å². The number of rotatable bonds is 3. The summed E-state index contributed by atoms with van der Waals surface area (Å²) in [5.41, 5.74) is 5.43. The van der Waals surface area contributed by atoms with Gasteiger partial charge in [-0.25, -0.2) is 0 Å². The maximum absolute atomic E-state index is 5.43. The molecule has 0 aliphatic carbocycles. The van der Waals surface area contributed by atoms with Gasteiger partial charge >= 0.3 is 0 Å². The smallest absolute Gasteiger partial charge is 0.108 e. The van der Waals surface area contributed by atoms with E-state index in [1.165, 1.54) is 6.42 Å². The first-order valence-electron chi connectivity index (χ1n) is 3.90. The molecule has 1 aliphatic heterocycles. The maximum Gasteiger partial charge on any atom is 0.108 e. The first kappa shape index (κ1) is 7.98. The minimum atomic E-state index is 0.263. The molecule has 60 valence electrons. The van der Waals surface area contributed by atoms with Gasteiger partial charge in [0, 0.05) is 19.2 Å². The molecule has 0 bridgehead atoms. The lowest BCUT2D eigenvalue weighted by Gasteiger charge is -2.16. The Balaban J connectivity index is 2.11. The first-order valence-corrected chi connectivity index (χ1v) is 3.90. The van der Waals surface area contributed by atoms with Crippen LogP contribution in [0.4, 0.5) is 0 Å². The molecule has 0 spiro atoms. The van der Waals surface area contributed by atoms with Crippen molar-refractivity contribution in [2.45, 2.75) is 32.0 Å². The lowest BCUT2D eigenvalue weighted by molar-refractivity contribution is 0.0764. The average molecular weight is 144 g/mol. The molecular formula is C7H16N2O. The summed E-state index contributed by atoms with van der Waals surface area (Å²) >= 11 is 0. The monoisotopic (exact) mass is 144 g/mol. The molecule has 0 amide bonds. The zero-order chi connectivity index (χ0) is 7.40. The third kappa shape index (κ3) is 2.25. The Morgan fingerprint density at radius 1 is 1.80 bits per heavy atom. The van der Waals surface area contributed by atoms with Crippen LogP contribution < -0.4 is 11.1 Å². The molecule has 0 saturated carbocycles. The highest BCUT2D eigenvalue weighted by atomic mass is 16.5. The van der Waals surface area contributed by atoms with Crippen LogP contribution in [0.2, 0.25) is 0 Å². The van der Waals surface area contributed by atoms with E-state index in [0.717, 1.165) is 13.0 Å². The van der Waals surface area contributed by atoms with Gasteiger partial charge < -0.3 is 10.5 Å². The average Bonchev–Trinajstić information content (AvgIpc) is 2.40. The van der Waals surface area contributed by atoms with Gasteiger partial charge in [0.2, 0.25) is 0 Å². The van der Waals surface area contributed by atoms with Crippen LogP contribution in [0.3, 0.4) is 0 Å². The molecule has 2 unspecified atom stereocenters. The van der Waals surface area contributed by atoms with Crippen molar-refractivity contribution in [2.75, 3.05) is 13.2 Å². The van der Waals surface area contributed by atoms with E-state index in [1.54, 1.807) is 0 Å². The summed E-state index contributed by atoms with van der Waals surface area (Å²) in [6, 6.07) is 0.378. The Bertz CT molecular complexity index is 91.6. The molecule has 1 saturated heterocycles. The van der Waals surface area contributed by atoms with Crippen LogP contribution >= 0.6 is 0 Å². The Hall–Kier alpha value is -0.120. The van der Waals surface area contributed by atoms with Crippen molar-refractivity contribution in [3.63, 3.8) is 0 Å². The second-order valence-electron chi connectivity index (χ2n) is 2.81. The highest BCUT2D eigenvalue weighted by Gasteiger charge is 2.15. The van der Waals surface area contributed by atoms with Gasteiger partial charge in [-0.15, -0.1) is 0 Å². The fourth-order valence-electron chi connectivity index (χ4n) is 1.09. The van der Waals surface area contributed by atoms with Gasteiger partial charge in [-0.05, 0) is 19.8 Å². The predicted molar refractivity (Wildman–Crippen MR) is 40.6 cm³/mol. The van der Waals surface area contributed by atoms with Gasteiger partial charge in [-0.2, -0.15) is 0 Å². The van der Waals surface area contributed by atoms with Crippen molar-refractivity contribution in [1.82, 2.24) is 5.32 Å². The maximum atomic E-state index is 5.43. The van der Waals surface area contributed by atoms with Crippen LogP contribution in [-0.4, -0.2) is 25.4 Å². The first-order chi connectivity index (χ1) is 4.83. The highest BCUT2D eigenvalue weighted by molar-refractivity contribution is 4.68. The molecule has 3 N–H and O–H groups in total. The zero-order valence-electron chi connectivity index (χ0n) is 6.47. The molecule has 0 aromatic carbocycles. The summed E-state index contributed by atoms with van der Waals surface area (Å²) in [5, 5.41) is 3.28. The molecule has 2 atom stereocenters. The highest BCUT2D eigenvalue weighted by Crippen LogP contribution is 2.09. The van der Waals surface area contributed by atoms with Crippen LogP contribution in [0.1, 0.15) is 19.8 Å². The number of hydrogen-bond donors (Lipinski definition) is 2. The molecular weight excluding hydrogens is 128 g/mol. The van der Waals surface area contributed by atoms with Crippen LogP contribution in [0.25, 0.3) is 0 Å². The Labute approximate surface area is 61.9 Å². The molecule has 1 rings (SSSR count). The van der Waals surface area contributed by atoms with Crippen LogP contribution in [-0.2, 0) is 4.74 Å². The van der Waals surface area contributed by atoms with Gasteiger partial charge in [0.1, 0.15) is 6.23 Å². The fourth-order valence-corrected chi connectivity index (χ4v) is 1.09. The third-order valence-electron chi connectivity index (χ3n) is 1.75. The minimum absolute atomic E-state index is 0.263. The largest absolute Gasteiger partial charge is 0.363 e. The molecule has 0 aromatic rings. The van der Waals surface area contributed by atoms with Crippen molar-refractivity contribution < 1.29 is 4.74 Å². The quantitative estimate of drug-likeness (QED) is 0.589. The zero-order valence-corrected chi connectivity index (χ0v) is 6.47. The summed E-state index contributed by atoms with van der Waals surface area (Å²) < 4.78 is 5.36. The topological polar surface area (TPSA) is 47.3 Å². The van der Waals surface area contributed by atoms with E-state index in [9.17, 15) is 0 Å².